The molecule has 0 saturated carbocycles. The highest BCUT2D eigenvalue weighted by molar-refractivity contribution is 9.10. The summed E-state index contributed by atoms with van der Waals surface area (Å²) in [6.45, 7) is 0. The molecule has 31 heavy (non-hydrogen) atoms. The fourth-order valence-electron chi connectivity index (χ4n) is 4.07. The Bertz CT molecular complexity index is 1160. The molecule has 5 nitrogen and oxygen atoms in total. The lowest BCUT2D eigenvalue weighted by Crippen LogP contribution is -2.33. The van der Waals surface area contributed by atoms with Gasteiger partial charge in [0.1, 0.15) is 17.2 Å². The summed E-state index contributed by atoms with van der Waals surface area (Å²) in [4.78, 5) is 0. The predicted octanol–water partition coefficient (Wildman–Crippen LogP) is 6.47. The molecule has 2 aliphatic rings. The SMILES string of the molecule is COc1ccc(C2=NN3[C@H](C2)c2cc(Br)ccc2O[C@H]3c2ccc(OC)c(Br)c2)cc1. The molecule has 158 valence electrons. The molecule has 3 aromatic rings. The van der Waals surface area contributed by atoms with E-state index in [1.54, 1.807) is 14.2 Å². The van der Waals surface area contributed by atoms with Crippen LogP contribution in [0.2, 0.25) is 0 Å². The van der Waals surface area contributed by atoms with Gasteiger partial charge in [0.15, 0.2) is 0 Å². The molecule has 2 heterocycles. The van der Waals surface area contributed by atoms with Gasteiger partial charge in [0.25, 0.3) is 0 Å². The van der Waals surface area contributed by atoms with E-state index in [1.165, 1.54) is 0 Å². The number of hydrogen-bond donors (Lipinski definition) is 0. The second-order valence-corrected chi connectivity index (χ2v) is 9.19. The van der Waals surface area contributed by atoms with Crippen LogP contribution in [0.25, 0.3) is 0 Å². The zero-order chi connectivity index (χ0) is 21.5. The van der Waals surface area contributed by atoms with Crippen LogP contribution in [0, 0.1) is 0 Å². The van der Waals surface area contributed by atoms with E-state index in [0.717, 1.165) is 55.0 Å². The smallest absolute Gasteiger partial charge is 0.213 e. The maximum absolute atomic E-state index is 6.45. The first-order chi connectivity index (χ1) is 15.1. The molecular weight excluding hydrogens is 524 g/mol. The van der Waals surface area contributed by atoms with E-state index in [-0.39, 0.29) is 12.3 Å². The number of hydrazone groups is 1. The fourth-order valence-corrected chi connectivity index (χ4v) is 5.01. The predicted molar refractivity (Wildman–Crippen MR) is 127 cm³/mol. The molecule has 0 spiro atoms. The Kier molecular flexibility index (Phi) is 5.40. The Hall–Kier alpha value is -2.51. The van der Waals surface area contributed by atoms with Gasteiger partial charge in [-0.15, -0.1) is 0 Å². The van der Waals surface area contributed by atoms with Crippen molar-refractivity contribution in [2.45, 2.75) is 18.7 Å². The quantitative estimate of drug-likeness (QED) is 0.378. The van der Waals surface area contributed by atoms with Gasteiger partial charge in [0.2, 0.25) is 6.23 Å². The highest BCUT2D eigenvalue weighted by Gasteiger charge is 2.41. The van der Waals surface area contributed by atoms with Crippen LogP contribution in [0.15, 0.2) is 74.7 Å². The topological polar surface area (TPSA) is 43.3 Å². The van der Waals surface area contributed by atoms with E-state index in [1.807, 2.05) is 42.5 Å². The first kappa shape index (κ1) is 20.4. The van der Waals surface area contributed by atoms with E-state index >= 15 is 0 Å². The van der Waals surface area contributed by atoms with Crippen molar-refractivity contribution in [2.75, 3.05) is 14.2 Å². The first-order valence-corrected chi connectivity index (χ1v) is 11.5. The summed E-state index contributed by atoms with van der Waals surface area (Å²) in [5, 5.41) is 7.09. The molecule has 5 rings (SSSR count). The van der Waals surface area contributed by atoms with Crippen LogP contribution in [-0.4, -0.2) is 24.9 Å². The number of hydrogen-bond acceptors (Lipinski definition) is 5. The van der Waals surface area contributed by atoms with Gasteiger partial charge in [-0.25, -0.2) is 5.01 Å². The Morgan fingerprint density at radius 1 is 0.968 bits per heavy atom. The molecule has 3 aromatic carbocycles. The third-order valence-corrected chi connectivity index (χ3v) is 6.75. The van der Waals surface area contributed by atoms with Crippen LogP contribution in [-0.2, 0) is 0 Å². The zero-order valence-electron chi connectivity index (χ0n) is 17.0. The molecule has 7 heteroatoms. The summed E-state index contributed by atoms with van der Waals surface area (Å²) in [6, 6.07) is 20.3. The molecule has 2 aliphatic heterocycles. The van der Waals surface area contributed by atoms with Crippen molar-refractivity contribution in [3.63, 3.8) is 0 Å². The van der Waals surface area contributed by atoms with Gasteiger partial charge >= 0.3 is 0 Å². The van der Waals surface area contributed by atoms with Crippen molar-refractivity contribution >= 4 is 37.6 Å². The second-order valence-electron chi connectivity index (χ2n) is 7.42. The van der Waals surface area contributed by atoms with Crippen LogP contribution in [0.3, 0.4) is 0 Å². The maximum atomic E-state index is 6.45. The van der Waals surface area contributed by atoms with E-state index in [0.29, 0.717) is 0 Å². The minimum atomic E-state index is -0.336. The summed E-state index contributed by atoms with van der Waals surface area (Å²) in [5.74, 6) is 2.50. The Morgan fingerprint density at radius 2 is 1.77 bits per heavy atom. The monoisotopic (exact) mass is 542 g/mol. The number of benzene rings is 3. The highest BCUT2D eigenvalue weighted by Crippen LogP contribution is 2.48. The van der Waals surface area contributed by atoms with Crippen molar-refractivity contribution in [3.8, 4) is 17.2 Å². The van der Waals surface area contributed by atoms with Crippen LogP contribution < -0.4 is 14.2 Å². The van der Waals surface area contributed by atoms with Crippen LogP contribution in [0.5, 0.6) is 17.2 Å². The molecular formula is C24H20Br2N2O3. The molecule has 0 aliphatic carbocycles. The van der Waals surface area contributed by atoms with Crippen LogP contribution in [0.1, 0.15) is 35.4 Å². The van der Waals surface area contributed by atoms with Gasteiger partial charge in [-0.2, -0.15) is 5.10 Å². The maximum Gasteiger partial charge on any atom is 0.213 e. The fraction of sp³-hybridized carbons (Fsp3) is 0.208. The van der Waals surface area contributed by atoms with Crippen LogP contribution >= 0.6 is 31.9 Å². The largest absolute Gasteiger partial charge is 0.497 e. The number of methoxy groups -OCH3 is 2. The molecule has 0 radical (unpaired) electrons. The summed E-state index contributed by atoms with van der Waals surface area (Å²) in [7, 11) is 3.33. The number of nitrogens with zero attached hydrogens (tertiary/aromatic N) is 2. The van der Waals surface area contributed by atoms with Gasteiger partial charge in [0.05, 0.1) is 30.4 Å². The van der Waals surface area contributed by atoms with Gasteiger partial charge in [-0.3, -0.25) is 0 Å². The van der Waals surface area contributed by atoms with Crippen molar-refractivity contribution in [1.29, 1.82) is 0 Å². The highest BCUT2D eigenvalue weighted by atomic mass is 79.9. The first-order valence-electron chi connectivity index (χ1n) is 9.87. The van der Waals surface area contributed by atoms with E-state index < -0.39 is 0 Å². The molecule has 0 fully saturated rings. The Morgan fingerprint density at radius 3 is 2.48 bits per heavy atom. The van der Waals surface area contributed by atoms with Crippen molar-refractivity contribution in [3.05, 3.63) is 86.3 Å². The summed E-state index contributed by atoms with van der Waals surface area (Å²) < 4.78 is 19.1. The van der Waals surface area contributed by atoms with E-state index in [2.05, 4.69) is 55.1 Å². The summed E-state index contributed by atoms with van der Waals surface area (Å²) in [5.41, 5.74) is 4.25. The molecule has 0 aromatic heterocycles. The lowest BCUT2D eigenvalue weighted by Gasteiger charge is -2.38. The average molecular weight is 544 g/mol. The molecule has 0 unspecified atom stereocenters. The Balaban J connectivity index is 1.57. The van der Waals surface area contributed by atoms with Gasteiger partial charge < -0.3 is 14.2 Å². The molecule has 0 amide bonds. The summed E-state index contributed by atoms with van der Waals surface area (Å²) in [6.07, 6.45) is 0.462. The molecule has 0 N–H and O–H groups in total. The molecule has 0 bridgehead atoms. The number of halogens is 2. The number of ether oxygens (including phenoxy) is 3. The van der Waals surface area contributed by atoms with E-state index in [4.69, 9.17) is 19.3 Å². The van der Waals surface area contributed by atoms with Gasteiger partial charge in [0, 0.05) is 22.0 Å². The van der Waals surface area contributed by atoms with Gasteiger partial charge in [-0.05, 0) is 82.2 Å². The lowest BCUT2D eigenvalue weighted by molar-refractivity contribution is -0.0191. The normalized spacial score (nSPS) is 19.2. The minimum absolute atomic E-state index is 0.0872. The average Bonchev–Trinajstić information content (AvgIpc) is 3.24. The van der Waals surface area contributed by atoms with Crippen molar-refractivity contribution in [2.24, 2.45) is 5.10 Å². The van der Waals surface area contributed by atoms with E-state index in [9.17, 15) is 0 Å². The number of rotatable bonds is 4. The van der Waals surface area contributed by atoms with Crippen molar-refractivity contribution in [1.82, 2.24) is 5.01 Å². The second kappa shape index (κ2) is 8.20. The standard InChI is InChI=1S/C24H20Br2N2O3/c1-29-17-7-3-14(4-8-17)20-13-21-18-12-16(25)6-10-22(18)31-24(28(21)27-20)15-5-9-23(30-2)19(26)11-15/h3-12,21,24H,13H2,1-2H3/t21-,24+/m1/s1. The number of fused-ring (bicyclic) bond motifs is 3. The summed E-state index contributed by atoms with van der Waals surface area (Å²) >= 11 is 7.20. The third-order valence-electron chi connectivity index (χ3n) is 5.64. The van der Waals surface area contributed by atoms with Gasteiger partial charge in [-0.1, -0.05) is 15.9 Å². The van der Waals surface area contributed by atoms with Crippen molar-refractivity contribution < 1.29 is 14.2 Å². The molecule has 2 atom stereocenters. The molecule has 0 saturated heterocycles. The minimum Gasteiger partial charge on any atom is -0.497 e. The third kappa shape index (κ3) is 3.70. The van der Waals surface area contributed by atoms with Crippen LogP contribution in [0.4, 0.5) is 0 Å². The Labute approximate surface area is 197 Å². The lowest BCUT2D eigenvalue weighted by atomic mass is 9.96. The zero-order valence-corrected chi connectivity index (χ0v) is 20.2.